The normalized spacial score (nSPS) is 13.8. The molecule has 0 aromatic heterocycles. The van der Waals surface area contributed by atoms with E-state index in [1.807, 2.05) is 53.7 Å². The number of phenolic OH excluding ortho intramolecular Hbond substituents is 1. The van der Waals surface area contributed by atoms with E-state index < -0.39 is 8.25 Å². The second-order valence-electron chi connectivity index (χ2n) is 7.75. The first-order chi connectivity index (χ1) is 10.8. The molecule has 0 amide bonds. The maximum atomic E-state index is 11.7. The Morgan fingerprint density at radius 1 is 1.12 bits per heavy atom. The van der Waals surface area contributed by atoms with Crippen LogP contribution in [-0.2, 0) is 24.7 Å². The van der Waals surface area contributed by atoms with E-state index in [-0.39, 0.29) is 29.0 Å². The molecular weight excluding hydrogens is 347 g/mol. The molecule has 0 aliphatic carbocycles. The van der Waals surface area contributed by atoms with Crippen LogP contribution in [0.25, 0.3) is 0 Å². The predicted octanol–water partition coefficient (Wildman–Crippen LogP) is 4.05. The van der Waals surface area contributed by atoms with Gasteiger partial charge in [-0.3, -0.25) is 9.36 Å². The van der Waals surface area contributed by atoms with E-state index in [1.165, 1.54) is 11.8 Å². The maximum absolute atomic E-state index is 11.7. The van der Waals surface area contributed by atoms with Crippen molar-refractivity contribution in [2.75, 3.05) is 12.4 Å². The second kappa shape index (κ2) is 8.05. The quantitative estimate of drug-likeness (QED) is 0.577. The van der Waals surface area contributed by atoms with Crippen molar-refractivity contribution in [3.63, 3.8) is 0 Å². The van der Waals surface area contributed by atoms with Gasteiger partial charge in [0, 0.05) is 16.0 Å². The zero-order valence-corrected chi connectivity index (χ0v) is 16.9. The van der Waals surface area contributed by atoms with E-state index in [0.717, 1.165) is 16.0 Å². The van der Waals surface area contributed by atoms with Crippen molar-refractivity contribution < 1.29 is 23.9 Å². The van der Waals surface area contributed by atoms with Gasteiger partial charge in [0.25, 0.3) is 0 Å². The largest absolute Gasteiger partial charge is 0.507 e. The Morgan fingerprint density at radius 2 is 1.58 bits per heavy atom. The zero-order chi connectivity index (χ0) is 18.7. The minimum atomic E-state index is -3.08. The summed E-state index contributed by atoms with van der Waals surface area (Å²) in [6.07, 6.45) is 0. The van der Waals surface area contributed by atoms with Gasteiger partial charge in [-0.2, -0.15) is 0 Å². The van der Waals surface area contributed by atoms with Gasteiger partial charge in [-0.15, -0.1) is 11.8 Å². The Morgan fingerprint density at radius 3 is 1.96 bits per heavy atom. The highest BCUT2D eigenvalue weighted by Gasteiger charge is 2.26. The van der Waals surface area contributed by atoms with Crippen LogP contribution < -0.4 is 0 Å². The lowest BCUT2D eigenvalue weighted by atomic mass is 9.79. The average Bonchev–Trinajstić information content (AvgIpc) is 2.41. The highest BCUT2D eigenvalue weighted by molar-refractivity contribution is 8.00. The molecule has 7 heteroatoms. The molecule has 0 saturated carbocycles. The molecule has 0 heterocycles. The molecule has 1 aromatic carbocycles. The van der Waals surface area contributed by atoms with E-state index in [1.54, 1.807) is 0 Å². The summed E-state index contributed by atoms with van der Waals surface area (Å²) in [5.74, 6) is 0.190. The van der Waals surface area contributed by atoms with Gasteiger partial charge in [-0.25, -0.2) is 0 Å². The fourth-order valence-corrected chi connectivity index (χ4v) is 3.28. The van der Waals surface area contributed by atoms with Crippen molar-refractivity contribution in [2.45, 2.75) is 57.3 Å². The molecule has 1 aromatic rings. The summed E-state index contributed by atoms with van der Waals surface area (Å²) in [4.78, 5) is 21.2. The van der Waals surface area contributed by atoms with Crippen LogP contribution in [0.3, 0.4) is 0 Å². The third-order valence-corrected chi connectivity index (χ3v) is 4.88. The van der Waals surface area contributed by atoms with E-state index in [4.69, 9.17) is 4.89 Å². The van der Waals surface area contributed by atoms with E-state index in [0.29, 0.717) is 5.75 Å². The van der Waals surface area contributed by atoms with Gasteiger partial charge >= 0.3 is 8.25 Å². The highest BCUT2D eigenvalue weighted by Crippen LogP contribution is 2.41. The number of carbonyl (C=O) groups is 1. The first-order valence-corrected chi connectivity index (χ1v) is 9.95. The molecule has 1 unspecified atom stereocenters. The Bertz CT molecular complexity index is 594. The minimum Gasteiger partial charge on any atom is -0.507 e. The van der Waals surface area contributed by atoms with Gasteiger partial charge in [-0.1, -0.05) is 41.5 Å². The van der Waals surface area contributed by atoms with Gasteiger partial charge in [0.05, 0.1) is 5.75 Å². The average molecular weight is 374 g/mol. The number of rotatable bonds is 6. The van der Waals surface area contributed by atoms with Gasteiger partial charge in [-0.05, 0) is 23.0 Å². The molecule has 5 nitrogen and oxygen atoms in total. The topological polar surface area (TPSA) is 83.8 Å². The standard InChI is InChI=1S/C17H27O5PS/c1-16(2,3)13-7-12(8-14(15(13)19)17(4,5)6)24-10-11(18)9-22-23(20)21/h7-8,19,23H,9-10H2,1-6H3,(H,20,21). The summed E-state index contributed by atoms with van der Waals surface area (Å²) >= 11 is 1.34. The van der Waals surface area contributed by atoms with E-state index in [2.05, 4.69) is 4.52 Å². The van der Waals surface area contributed by atoms with Crippen molar-refractivity contribution in [3.8, 4) is 5.75 Å². The molecule has 0 aliphatic heterocycles. The van der Waals surface area contributed by atoms with Crippen LogP contribution in [0.4, 0.5) is 0 Å². The molecule has 1 rings (SSSR count). The highest BCUT2D eigenvalue weighted by atomic mass is 32.2. The predicted molar refractivity (Wildman–Crippen MR) is 98.4 cm³/mol. The fourth-order valence-electron chi connectivity index (χ4n) is 2.18. The smallest absolute Gasteiger partial charge is 0.317 e. The molecule has 0 radical (unpaired) electrons. The monoisotopic (exact) mass is 374 g/mol. The van der Waals surface area contributed by atoms with Gasteiger partial charge in [0.15, 0.2) is 5.78 Å². The summed E-state index contributed by atoms with van der Waals surface area (Å²) in [5.41, 5.74) is 1.21. The Hall–Kier alpha value is -0.810. The molecule has 136 valence electrons. The van der Waals surface area contributed by atoms with Crippen LogP contribution in [-0.4, -0.2) is 28.1 Å². The molecular formula is C17H27O5PS. The van der Waals surface area contributed by atoms with E-state index >= 15 is 0 Å². The lowest BCUT2D eigenvalue weighted by molar-refractivity contribution is -0.118. The summed E-state index contributed by atoms with van der Waals surface area (Å²) in [6.45, 7) is 11.8. The summed E-state index contributed by atoms with van der Waals surface area (Å²) in [6, 6.07) is 3.80. The molecule has 0 fully saturated rings. The second-order valence-corrected chi connectivity index (χ2v) is 9.62. The lowest BCUT2D eigenvalue weighted by Gasteiger charge is -2.28. The van der Waals surface area contributed by atoms with Crippen LogP contribution in [0.15, 0.2) is 17.0 Å². The Balaban J connectivity index is 3.07. The molecule has 2 N–H and O–H groups in total. The molecule has 0 bridgehead atoms. The van der Waals surface area contributed by atoms with Crippen LogP contribution in [0, 0.1) is 0 Å². The molecule has 1 atom stereocenters. The summed E-state index contributed by atoms with van der Waals surface area (Å²) < 4.78 is 15.0. The number of hydrogen-bond donors (Lipinski definition) is 2. The first kappa shape index (κ1) is 21.2. The number of carbonyl (C=O) groups excluding carboxylic acids is 1. The van der Waals surface area contributed by atoms with Crippen molar-refractivity contribution in [1.82, 2.24) is 0 Å². The van der Waals surface area contributed by atoms with Crippen LogP contribution in [0.1, 0.15) is 52.7 Å². The zero-order valence-electron chi connectivity index (χ0n) is 15.1. The molecule has 24 heavy (non-hydrogen) atoms. The molecule has 0 saturated heterocycles. The molecule has 0 aliphatic rings. The van der Waals surface area contributed by atoms with Crippen molar-refractivity contribution in [1.29, 1.82) is 0 Å². The van der Waals surface area contributed by atoms with Gasteiger partial charge in [0.1, 0.15) is 12.4 Å². The number of phenols is 1. The van der Waals surface area contributed by atoms with Crippen molar-refractivity contribution in [3.05, 3.63) is 23.3 Å². The lowest BCUT2D eigenvalue weighted by Crippen LogP contribution is -2.17. The number of benzene rings is 1. The fraction of sp³-hybridized carbons (Fsp3) is 0.588. The number of thioether (sulfide) groups is 1. The Labute approximate surface area is 148 Å². The number of aromatic hydroxyl groups is 1. The number of ketones is 1. The van der Waals surface area contributed by atoms with Gasteiger partial charge < -0.3 is 14.5 Å². The summed E-state index contributed by atoms with van der Waals surface area (Å²) in [5, 5.41) is 10.7. The SMILES string of the molecule is CC(C)(C)c1cc(SCC(=O)CO[PH](=O)O)cc(C(C)(C)C)c1O. The third-order valence-electron chi connectivity index (χ3n) is 3.46. The van der Waals surface area contributed by atoms with Crippen molar-refractivity contribution in [2.24, 2.45) is 0 Å². The van der Waals surface area contributed by atoms with Crippen molar-refractivity contribution >= 4 is 25.8 Å². The number of hydrogen-bond acceptors (Lipinski definition) is 5. The Kier molecular flexibility index (Phi) is 7.12. The van der Waals surface area contributed by atoms with Crippen LogP contribution in [0.5, 0.6) is 5.75 Å². The first-order valence-electron chi connectivity index (χ1n) is 7.70. The number of Topliss-reactive ketones (excluding diaryl/α,β-unsaturated/α-hetero) is 1. The maximum Gasteiger partial charge on any atom is 0.317 e. The van der Waals surface area contributed by atoms with E-state index in [9.17, 15) is 14.5 Å². The summed E-state index contributed by atoms with van der Waals surface area (Å²) in [7, 11) is -3.08. The van der Waals surface area contributed by atoms with Crippen LogP contribution >= 0.6 is 20.0 Å². The third kappa shape index (κ3) is 6.25. The van der Waals surface area contributed by atoms with Crippen LogP contribution in [0.2, 0.25) is 0 Å². The molecule has 0 spiro atoms. The van der Waals surface area contributed by atoms with Gasteiger partial charge in [0.2, 0.25) is 0 Å². The minimum absolute atomic E-state index is 0.146.